The van der Waals surface area contributed by atoms with Crippen molar-refractivity contribution in [3.63, 3.8) is 0 Å². The highest BCUT2D eigenvalue weighted by Crippen LogP contribution is 2.14. The molecule has 0 saturated carbocycles. The fraction of sp³-hybridized carbons (Fsp3) is 0.533. The standard InChI is InChI=1S/C15H24N4/c1-15(2,3)17-10-6-9-16-11-14-12-7-4-5-8-13(12)18-19-14/h4-5,7-8,16-17H,6,9-11H2,1-3H3,(H,18,19). The van der Waals surface area contributed by atoms with Crippen LogP contribution in [0.1, 0.15) is 32.9 Å². The van der Waals surface area contributed by atoms with Gasteiger partial charge in [0.25, 0.3) is 0 Å². The molecule has 0 amide bonds. The number of nitrogens with zero attached hydrogens (tertiary/aromatic N) is 1. The molecule has 4 nitrogen and oxygen atoms in total. The van der Waals surface area contributed by atoms with E-state index in [1.807, 2.05) is 12.1 Å². The summed E-state index contributed by atoms with van der Waals surface area (Å²) in [6.07, 6.45) is 1.13. The van der Waals surface area contributed by atoms with Crippen LogP contribution >= 0.6 is 0 Å². The molecule has 1 heterocycles. The lowest BCUT2D eigenvalue weighted by Gasteiger charge is -2.20. The van der Waals surface area contributed by atoms with Crippen molar-refractivity contribution in [2.24, 2.45) is 0 Å². The third-order valence-corrected chi connectivity index (χ3v) is 3.03. The average Bonchev–Trinajstić information content (AvgIpc) is 2.76. The third-order valence-electron chi connectivity index (χ3n) is 3.03. The summed E-state index contributed by atoms with van der Waals surface area (Å²) in [4.78, 5) is 0. The Bertz CT molecular complexity index is 510. The van der Waals surface area contributed by atoms with E-state index < -0.39 is 0 Å². The monoisotopic (exact) mass is 260 g/mol. The number of para-hydroxylation sites is 1. The summed E-state index contributed by atoms with van der Waals surface area (Å²) < 4.78 is 0. The zero-order chi connectivity index (χ0) is 13.7. The van der Waals surface area contributed by atoms with E-state index in [-0.39, 0.29) is 5.54 Å². The van der Waals surface area contributed by atoms with E-state index in [1.54, 1.807) is 0 Å². The highest BCUT2D eigenvalue weighted by Gasteiger charge is 2.07. The minimum Gasteiger partial charge on any atom is -0.312 e. The van der Waals surface area contributed by atoms with Crippen LogP contribution in [0.4, 0.5) is 0 Å². The van der Waals surface area contributed by atoms with E-state index in [0.717, 1.165) is 31.6 Å². The van der Waals surface area contributed by atoms with Crippen molar-refractivity contribution in [1.29, 1.82) is 0 Å². The Hall–Kier alpha value is -1.39. The SMILES string of the molecule is CC(C)(C)NCCCNCc1[nH]nc2ccccc12. The van der Waals surface area contributed by atoms with Gasteiger partial charge in [0.1, 0.15) is 0 Å². The van der Waals surface area contributed by atoms with Gasteiger partial charge in [-0.2, -0.15) is 5.10 Å². The Morgan fingerprint density at radius 3 is 2.74 bits per heavy atom. The molecular weight excluding hydrogens is 236 g/mol. The van der Waals surface area contributed by atoms with E-state index in [4.69, 9.17) is 0 Å². The van der Waals surface area contributed by atoms with Crippen molar-refractivity contribution in [2.75, 3.05) is 13.1 Å². The fourth-order valence-corrected chi connectivity index (χ4v) is 2.04. The second kappa shape index (κ2) is 6.17. The first-order chi connectivity index (χ1) is 9.06. The molecule has 4 heteroatoms. The molecule has 0 fully saturated rings. The second-order valence-electron chi connectivity index (χ2n) is 5.93. The molecule has 0 spiro atoms. The van der Waals surface area contributed by atoms with Gasteiger partial charge in [0, 0.05) is 17.5 Å². The Morgan fingerprint density at radius 1 is 1.16 bits per heavy atom. The summed E-state index contributed by atoms with van der Waals surface area (Å²) in [5, 5.41) is 15.5. The number of benzene rings is 1. The summed E-state index contributed by atoms with van der Waals surface area (Å²) in [6, 6.07) is 8.20. The van der Waals surface area contributed by atoms with Crippen LogP contribution in [0.15, 0.2) is 24.3 Å². The van der Waals surface area contributed by atoms with Crippen molar-refractivity contribution >= 4 is 10.9 Å². The predicted octanol–water partition coefficient (Wildman–Crippen LogP) is 2.43. The van der Waals surface area contributed by atoms with Gasteiger partial charge in [-0.1, -0.05) is 18.2 Å². The lowest BCUT2D eigenvalue weighted by Crippen LogP contribution is -2.37. The quantitative estimate of drug-likeness (QED) is 0.699. The number of nitrogens with one attached hydrogen (secondary N) is 3. The van der Waals surface area contributed by atoms with Crippen LogP contribution in [0.5, 0.6) is 0 Å². The molecule has 19 heavy (non-hydrogen) atoms. The Morgan fingerprint density at radius 2 is 1.95 bits per heavy atom. The summed E-state index contributed by atoms with van der Waals surface area (Å²) in [5.41, 5.74) is 2.41. The molecule has 1 aromatic carbocycles. The molecule has 3 N–H and O–H groups in total. The summed E-state index contributed by atoms with van der Waals surface area (Å²) in [5.74, 6) is 0. The average molecular weight is 260 g/mol. The van der Waals surface area contributed by atoms with Crippen LogP contribution in [-0.4, -0.2) is 28.8 Å². The Balaban J connectivity index is 1.71. The van der Waals surface area contributed by atoms with Gasteiger partial charge in [-0.25, -0.2) is 0 Å². The van der Waals surface area contributed by atoms with Gasteiger partial charge in [0.2, 0.25) is 0 Å². The minimum absolute atomic E-state index is 0.208. The highest BCUT2D eigenvalue weighted by molar-refractivity contribution is 5.81. The van der Waals surface area contributed by atoms with E-state index in [1.165, 1.54) is 11.1 Å². The van der Waals surface area contributed by atoms with Crippen molar-refractivity contribution in [2.45, 2.75) is 39.3 Å². The normalized spacial score (nSPS) is 12.2. The minimum atomic E-state index is 0.208. The van der Waals surface area contributed by atoms with Crippen LogP contribution in [0.2, 0.25) is 0 Å². The molecule has 0 atom stereocenters. The Labute approximate surface area is 115 Å². The smallest absolute Gasteiger partial charge is 0.0924 e. The van der Waals surface area contributed by atoms with Crippen molar-refractivity contribution in [3.8, 4) is 0 Å². The lowest BCUT2D eigenvalue weighted by atomic mass is 10.1. The molecule has 104 valence electrons. The van der Waals surface area contributed by atoms with Crippen LogP contribution in [0.3, 0.4) is 0 Å². The number of H-pyrrole nitrogens is 1. The van der Waals surface area contributed by atoms with E-state index in [9.17, 15) is 0 Å². The third kappa shape index (κ3) is 4.33. The molecule has 0 radical (unpaired) electrons. The lowest BCUT2D eigenvalue weighted by molar-refractivity contribution is 0.418. The number of fused-ring (bicyclic) bond motifs is 1. The molecule has 2 rings (SSSR count). The molecule has 0 saturated heterocycles. The molecule has 0 aliphatic heterocycles. The molecule has 1 aromatic heterocycles. The zero-order valence-corrected chi connectivity index (χ0v) is 12.1. The molecular formula is C15H24N4. The van der Waals surface area contributed by atoms with Crippen molar-refractivity contribution < 1.29 is 0 Å². The van der Waals surface area contributed by atoms with Crippen LogP contribution in [0.25, 0.3) is 10.9 Å². The van der Waals surface area contributed by atoms with E-state index >= 15 is 0 Å². The number of rotatable bonds is 6. The van der Waals surface area contributed by atoms with Gasteiger partial charge in [-0.05, 0) is 46.3 Å². The van der Waals surface area contributed by atoms with Crippen LogP contribution in [0, 0.1) is 0 Å². The highest BCUT2D eigenvalue weighted by atomic mass is 15.1. The summed E-state index contributed by atoms with van der Waals surface area (Å²) in [6.45, 7) is 9.47. The van der Waals surface area contributed by atoms with Crippen LogP contribution in [-0.2, 0) is 6.54 Å². The zero-order valence-electron chi connectivity index (χ0n) is 12.1. The number of hydrogen-bond acceptors (Lipinski definition) is 3. The van der Waals surface area contributed by atoms with Gasteiger partial charge in [-0.3, -0.25) is 5.10 Å². The van der Waals surface area contributed by atoms with Crippen LogP contribution < -0.4 is 10.6 Å². The maximum absolute atomic E-state index is 4.29. The maximum Gasteiger partial charge on any atom is 0.0924 e. The summed E-state index contributed by atoms with van der Waals surface area (Å²) >= 11 is 0. The van der Waals surface area contributed by atoms with Gasteiger partial charge in [0.15, 0.2) is 0 Å². The van der Waals surface area contributed by atoms with Gasteiger partial charge in [-0.15, -0.1) is 0 Å². The molecule has 2 aromatic rings. The van der Waals surface area contributed by atoms with E-state index in [2.05, 4.69) is 53.7 Å². The predicted molar refractivity (Wildman–Crippen MR) is 80.2 cm³/mol. The van der Waals surface area contributed by atoms with E-state index in [0.29, 0.717) is 0 Å². The van der Waals surface area contributed by atoms with Gasteiger partial charge >= 0.3 is 0 Å². The number of aromatic amines is 1. The van der Waals surface area contributed by atoms with Gasteiger partial charge in [0.05, 0.1) is 11.2 Å². The first-order valence-corrected chi connectivity index (χ1v) is 6.94. The molecule has 0 bridgehead atoms. The topological polar surface area (TPSA) is 52.7 Å². The van der Waals surface area contributed by atoms with Crippen molar-refractivity contribution in [3.05, 3.63) is 30.0 Å². The number of aromatic nitrogens is 2. The summed E-state index contributed by atoms with van der Waals surface area (Å²) in [7, 11) is 0. The number of hydrogen-bond donors (Lipinski definition) is 3. The fourth-order valence-electron chi connectivity index (χ4n) is 2.04. The van der Waals surface area contributed by atoms with Crippen molar-refractivity contribution in [1.82, 2.24) is 20.8 Å². The molecule has 0 unspecified atom stereocenters. The Kier molecular flexibility index (Phi) is 4.56. The molecule has 0 aliphatic carbocycles. The first-order valence-electron chi connectivity index (χ1n) is 6.94. The van der Waals surface area contributed by atoms with Gasteiger partial charge < -0.3 is 10.6 Å². The second-order valence-corrected chi connectivity index (χ2v) is 5.93. The first kappa shape index (κ1) is 14.0. The largest absolute Gasteiger partial charge is 0.312 e. The molecule has 0 aliphatic rings. The maximum atomic E-state index is 4.29.